The molecule has 0 fully saturated rings. The van der Waals surface area contributed by atoms with Crippen molar-refractivity contribution in [2.75, 3.05) is 0 Å². The van der Waals surface area contributed by atoms with E-state index >= 15 is 0 Å². The second-order valence-electron chi connectivity index (χ2n) is 7.35. The van der Waals surface area contributed by atoms with Crippen LogP contribution in [0.4, 0.5) is 0 Å². The number of ether oxygens (including phenoxy) is 2. The van der Waals surface area contributed by atoms with E-state index in [2.05, 4.69) is 50.7 Å². The molecule has 0 atom stereocenters. The summed E-state index contributed by atoms with van der Waals surface area (Å²) >= 11 is 0. The SMILES string of the molecule is Cc1c(C)[n+](C(C)C)c(CC2=C([O-])OC(C)(C)OC2=O)n1C(C)C. The fraction of sp³-hybridized carbons (Fsp3) is 0.667. The van der Waals surface area contributed by atoms with Crippen molar-refractivity contribution in [1.29, 1.82) is 0 Å². The highest BCUT2D eigenvalue weighted by atomic mass is 16.8. The van der Waals surface area contributed by atoms with Gasteiger partial charge in [0.2, 0.25) is 0 Å². The topological polar surface area (TPSA) is 67.4 Å². The van der Waals surface area contributed by atoms with Crippen LogP contribution in [0.2, 0.25) is 0 Å². The molecular formula is C18H28N2O4. The fourth-order valence-corrected chi connectivity index (χ4v) is 3.37. The maximum absolute atomic E-state index is 12.3. The lowest BCUT2D eigenvalue weighted by Gasteiger charge is -2.39. The zero-order chi connectivity index (χ0) is 18.4. The molecule has 0 aromatic carbocycles. The number of rotatable bonds is 4. The van der Waals surface area contributed by atoms with Crippen molar-refractivity contribution in [2.24, 2.45) is 0 Å². The molecule has 0 bridgehead atoms. The van der Waals surface area contributed by atoms with Crippen LogP contribution in [0.5, 0.6) is 0 Å². The minimum atomic E-state index is -1.21. The van der Waals surface area contributed by atoms with Crippen molar-refractivity contribution in [3.05, 3.63) is 28.7 Å². The van der Waals surface area contributed by atoms with Crippen LogP contribution >= 0.6 is 0 Å². The van der Waals surface area contributed by atoms with E-state index in [0.717, 1.165) is 17.2 Å². The summed E-state index contributed by atoms with van der Waals surface area (Å²) in [5.41, 5.74) is 2.31. The molecule has 2 heterocycles. The van der Waals surface area contributed by atoms with Crippen molar-refractivity contribution < 1.29 is 23.9 Å². The predicted octanol–water partition coefficient (Wildman–Crippen LogP) is 1.98. The third-order valence-corrected chi connectivity index (χ3v) is 4.34. The molecule has 2 rings (SSSR count). The van der Waals surface area contributed by atoms with Gasteiger partial charge in [-0.3, -0.25) is 0 Å². The average Bonchev–Trinajstić information content (AvgIpc) is 2.64. The Kier molecular flexibility index (Phi) is 4.70. The molecule has 0 unspecified atom stereocenters. The van der Waals surface area contributed by atoms with Gasteiger partial charge in [0.25, 0.3) is 5.82 Å². The van der Waals surface area contributed by atoms with E-state index in [0.29, 0.717) is 0 Å². The molecule has 1 aromatic rings. The van der Waals surface area contributed by atoms with Crippen LogP contribution in [-0.2, 0) is 20.7 Å². The minimum Gasteiger partial charge on any atom is -0.575 e. The van der Waals surface area contributed by atoms with Crippen LogP contribution in [-0.4, -0.2) is 16.3 Å². The standard InChI is InChI=1S/C18H28N2O4/c1-10(2)19-12(5)13(6)20(11(3)4)15(19)9-14-16(21)23-18(7,8)24-17(14)22/h10-11H,9H2,1-8H3. The number of imidazole rings is 1. The first-order chi connectivity index (χ1) is 11.0. The normalized spacial score (nSPS) is 17.5. The smallest absolute Gasteiger partial charge is 0.337 e. The van der Waals surface area contributed by atoms with Gasteiger partial charge in [-0.2, -0.15) is 0 Å². The third kappa shape index (κ3) is 3.14. The highest BCUT2D eigenvalue weighted by Crippen LogP contribution is 2.27. The Bertz CT molecular complexity index is 665. The molecule has 0 N–H and O–H groups in total. The van der Waals surface area contributed by atoms with E-state index < -0.39 is 17.7 Å². The zero-order valence-corrected chi connectivity index (χ0v) is 15.9. The van der Waals surface area contributed by atoms with Crippen molar-refractivity contribution in [1.82, 2.24) is 4.57 Å². The summed E-state index contributed by atoms with van der Waals surface area (Å²) in [5.74, 6) is -1.49. The number of carbonyl (C=O) groups excluding carboxylic acids is 1. The molecule has 1 aliphatic rings. The Morgan fingerprint density at radius 1 is 1.17 bits per heavy atom. The molecule has 6 heteroatoms. The van der Waals surface area contributed by atoms with E-state index in [1.807, 2.05) is 0 Å². The van der Waals surface area contributed by atoms with Gasteiger partial charge in [0, 0.05) is 13.8 Å². The summed E-state index contributed by atoms with van der Waals surface area (Å²) in [6.45, 7) is 15.6. The summed E-state index contributed by atoms with van der Waals surface area (Å²) < 4.78 is 14.8. The number of esters is 1. The van der Waals surface area contributed by atoms with E-state index in [9.17, 15) is 9.90 Å². The Balaban J connectivity index is 2.57. The van der Waals surface area contributed by atoms with Gasteiger partial charge in [-0.05, 0) is 41.5 Å². The second kappa shape index (κ2) is 6.15. The molecule has 1 aliphatic heterocycles. The largest absolute Gasteiger partial charge is 0.575 e. The van der Waals surface area contributed by atoms with Crippen LogP contribution in [0.3, 0.4) is 0 Å². The molecule has 0 spiro atoms. The van der Waals surface area contributed by atoms with Crippen molar-refractivity contribution >= 4 is 5.97 Å². The molecular weight excluding hydrogens is 308 g/mol. The first kappa shape index (κ1) is 18.4. The van der Waals surface area contributed by atoms with E-state index in [4.69, 9.17) is 9.47 Å². The molecule has 1 aromatic heterocycles. The Morgan fingerprint density at radius 3 is 2.21 bits per heavy atom. The zero-order valence-electron chi connectivity index (χ0n) is 15.9. The monoisotopic (exact) mass is 336 g/mol. The number of hydrogen-bond acceptors (Lipinski definition) is 4. The molecule has 0 saturated heterocycles. The summed E-state index contributed by atoms with van der Waals surface area (Å²) in [6.07, 6.45) is 0.193. The lowest BCUT2D eigenvalue weighted by molar-refractivity contribution is -0.728. The highest BCUT2D eigenvalue weighted by molar-refractivity contribution is 5.89. The van der Waals surface area contributed by atoms with Crippen LogP contribution in [0, 0.1) is 13.8 Å². The Labute approximate surface area is 143 Å². The summed E-state index contributed by atoms with van der Waals surface area (Å²) in [5, 5.41) is 12.3. The Hall–Kier alpha value is -1.98. The van der Waals surface area contributed by atoms with Crippen LogP contribution < -0.4 is 9.67 Å². The highest BCUT2D eigenvalue weighted by Gasteiger charge is 2.35. The van der Waals surface area contributed by atoms with Gasteiger partial charge in [0.15, 0.2) is 5.79 Å². The minimum absolute atomic E-state index is 0.0446. The second-order valence-corrected chi connectivity index (χ2v) is 7.35. The fourth-order valence-electron chi connectivity index (χ4n) is 3.37. The summed E-state index contributed by atoms with van der Waals surface area (Å²) in [7, 11) is 0. The molecule has 134 valence electrons. The van der Waals surface area contributed by atoms with E-state index in [1.165, 1.54) is 0 Å². The Morgan fingerprint density at radius 2 is 1.75 bits per heavy atom. The van der Waals surface area contributed by atoms with E-state index in [-0.39, 0.29) is 24.1 Å². The molecule has 0 radical (unpaired) electrons. The van der Waals surface area contributed by atoms with Gasteiger partial charge in [0.05, 0.1) is 30.0 Å². The van der Waals surface area contributed by atoms with Crippen LogP contribution in [0.15, 0.2) is 11.5 Å². The number of nitrogens with zero attached hydrogens (tertiary/aromatic N) is 2. The molecule has 0 aliphatic carbocycles. The quantitative estimate of drug-likeness (QED) is 0.623. The molecule has 0 amide bonds. The van der Waals surface area contributed by atoms with Gasteiger partial charge in [-0.1, -0.05) is 0 Å². The number of carbonyl (C=O) groups is 1. The predicted molar refractivity (Wildman–Crippen MR) is 86.9 cm³/mol. The first-order valence-corrected chi connectivity index (χ1v) is 8.40. The van der Waals surface area contributed by atoms with Crippen molar-refractivity contribution in [2.45, 2.75) is 79.7 Å². The number of hydrogen-bond donors (Lipinski definition) is 0. The van der Waals surface area contributed by atoms with Gasteiger partial charge in [0.1, 0.15) is 11.4 Å². The lowest BCUT2D eigenvalue weighted by atomic mass is 10.1. The van der Waals surface area contributed by atoms with E-state index in [1.54, 1.807) is 13.8 Å². The average molecular weight is 336 g/mol. The maximum atomic E-state index is 12.3. The number of aromatic nitrogens is 2. The van der Waals surface area contributed by atoms with Gasteiger partial charge in [-0.25, -0.2) is 13.9 Å². The first-order valence-electron chi connectivity index (χ1n) is 8.40. The summed E-state index contributed by atoms with van der Waals surface area (Å²) in [6, 6.07) is 0.428. The maximum Gasteiger partial charge on any atom is 0.337 e. The van der Waals surface area contributed by atoms with Gasteiger partial charge < -0.3 is 14.6 Å². The molecule has 24 heavy (non-hydrogen) atoms. The van der Waals surface area contributed by atoms with Crippen LogP contribution in [0.1, 0.15) is 70.8 Å². The van der Waals surface area contributed by atoms with Crippen molar-refractivity contribution in [3.8, 4) is 0 Å². The lowest BCUT2D eigenvalue weighted by Crippen LogP contribution is -2.45. The third-order valence-electron chi connectivity index (χ3n) is 4.34. The van der Waals surface area contributed by atoms with Gasteiger partial charge >= 0.3 is 5.97 Å². The number of cyclic esters (lactones) is 1. The molecule has 6 nitrogen and oxygen atoms in total. The van der Waals surface area contributed by atoms with Crippen LogP contribution in [0.25, 0.3) is 0 Å². The summed E-state index contributed by atoms with van der Waals surface area (Å²) in [4.78, 5) is 12.3. The van der Waals surface area contributed by atoms with Crippen molar-refractivity contribution in [3.63, 3.8) is 0 Å². The molecule has 0 saturated carbocycles. The van der Waals surface area contributed by atoms with Gasteiger partial charge in [-0.15, -0.1) is 0 Å².